The molecular formula is C30H38N7O3+. The van der Waals surface area contributed by atoms with Gasteiger partial charge in [-0.15, -0.1) is 0 Å². The van der Waals surface area contributed by atoms with Crippen LogP contribution in [0, 0.1) is 0 Å². The van der Waals surface area contributed by atoms with Gasteiger partial charge in [0.1, 0.15) is 24.2 Å². The molecule has 5 rings (SSSR count). The molecular weight excluding hydrogens is 506 g/mol. The first-order chi connectivity index (χ1) is 19.4. The molecule has 3 aromatic carbocycles. The highest BCUT2D eigenvalue weighted by Gasteiger charge is 2.27. The van der Waals surface area contributed by atoms with Crippen LogP contribution >= 0.6 is 0 Å². The van der Waals surface area contributed by atoms with Crippen molar-refractivity contribution in [2.24, 2.45) is 7.05 Å². The van der Waals surface area contributed by atoms with Crippen molar-refractivity contribution in [3.8, 4) is 5.75 Å². The summed E-state index contributed by atoms with van der Waals surface area (Å²) in [5.74, 6) is 0.0633. The van der Waals surface area contributed by atoms with Crippen LogP contribution in [0.4, 0.5) is 39.8 Å². The summed E-state index contributed by atoms with van der Waals surface area (Å²) in [4.78, 5) is 4.31. The van der Waals surface area contributed by atoms with Gasteiger partial charge < -0.3 is 41.5 Å². The van der Waals surface area contributed by atoms with Crippen molar-refractivity contribution in [2.45, 2.75) is 12.5 Å². The minimum atomic E-state index is 0.00862. The highest BCUT2D eigenvalue weighted by molar-refractivity contribution is 5.82. The molecule has 1 aromatic heterocycles. The van der Waals surface area contributed by atoms with Crippen molar-refractivity contribution >= 4 is 39.8 Å². The number of anilines is 7. The molecule has 40 heavy (non-hydrogen) atoms. The molecule has 1 atom stereocenters. The zero-order chi connectivity index (χ0) is 28.1. The summed E-state index contributed by atoms with van der Waals surface area (Å²) < 4.78 is 4.35. The van der Waals surface area contributed by atoms with Crippen LogP contribution in [0.25, 0.3) is 0 Å². The SMILES string of the molecule is C[n+]1ccn(C2CCN(c3ccc(Nc4cc(Nc5ccc(N(CCO)CCO)cc5)c(N)cc4O)cc3)C2)c1. The van der Waals surface area contributed by atoms with Crippen molar-refractivity contribution in [1.29, 1.82) is 0 Å². The van der Waals surface area contributed by atoms with Crippen molar-refractivity contribution in [3.05, 3.63) is 79.4 Å². The van der Waals surface area contributed by atoms with Crippen LogP contribution < -0.4 is 30.7 Å². The lowest BCUT2D eigenvalue weighted by Crippen LogP contribution is -2.29. The topological polar surface area (TPSA) is 126 Å². The van der Waals surface area contributed by atoms with E-state index >= 15 is 0 Å². The molecule has 10 heteroatoms. The fourth-order valence-corrected chi connectivity index (χ4v) is 5.15. The van der Waals surface area contributed by atoms with Crippen LogP contribution in [-0.4, -0.2) is 59.3 Å². The number of rotatable bonds is 11. The van der Waals surface area contributed by atoms with E-state index in [2.05, 4.69) is 55.5 Å². The summed E-state index contributed by atoms with van der Waals surface area (Å²) in [6.45, 7) is 2.88. The van der Waals surface area contributed by atoms with Crippen LogP contribution in [-0.2, 0) is 7.05 Å². The van der Waals surface area contributed by atoms with E-state index in [-0.39, 0.29) is 19.0 Å². The zero-order valence-electron chi connectivity index (χ0n) is 22.7. The normalized spacial score (nSPS) is 14.9. The molecule has 0 radical (unpaired) electrons. The summed E-state index contributed by atoms with van der Waals surface area (Å²) in [5.41, 5.74) is 11.6. The first-order valence-electron chi connectivity index (χ1n) is 13.5. The molecule has 1 saturated heterocycles. The predicted molar refractivity (Wildman–Crippen MR) is 160 cm³/mol. The average Bonchev–Trinajstić information content (AvgIpc) is 3.62. The number of imidazole rings is 1. The maximum absolute atomic E-state index is 10.6. The minimum absolute atomic E-state index is 0.00862. The van der Waals surface area contributed by atoms with Crippen LogP contribution in [0.1, 0.15) is 12.5 Å². The first kappa shape index (κ1) is 27.2. The first-order valence-corrected chi connectivity index (χ1v) is 13.5. The number of aromatic nitrogens is 2. The number of phenols is 1. The van der Waals surface area contributed by atoms with Gasteiger partial charge >= 0.3 is 0 Å². The molecule has 4 aromatic rings. The third-order valence-electron chi connectivity index (χ3n) is 7.31. The van der Waals surface area contributed by atoms with Crippen LogP contribution in [0.2, 0.25) is 0 Å². The second kappa shape index (κ2) is 12.2. The van der Waals surface area contributed by atoms with Crippen LogP contribution in [0.3, 0.4) is 0 Å². The summed E-state index contributed by atoms with van der Waals surface area (Å²) in [6.07, 6.45) is 7.44. The molecule has 0 aliphatic carbocycles. The lowest BCUT2D eigenvalue weighted by Gasteiger charge is -2.23. The average molecular weight is 545 g/mol. The van der Waals surface area contributed by atoms with Crippen LogP contribution in [0.5, 0.6) is 5.75 Å². The Kier molecular flexibility index (Phi) is 8.28. The number of phenolic OH excluding ortho intramolecular Hbond substituents is 1. The fraction of sp³-hybridized carbons (Fsp3) is 0.300. The minimum Gasteiger partial charge on any atom is -0.506 e. The van der Waals surface area contributed by atoms with E-state index in [9.17, 15) is 15.3 Å². The second-order valence-corrected chi connectivity index (χ2v) is 10.1. The summed E-state index contributed by atoms with van der Waals surface area (Å²) in [7, 11) is 2.04. The van der Waals surface area contributed by atoms with Gasteiger partial charge in [-0.3, -0.25) is 0 Å². The van der Waals surface area contributed by atoms with Gasteiger partial charge in [0.05, 0.1) is 43.9 Å². The van der Waals surface area contributed by atoms with Gasteiger partial charge in [-0.2, -0.15) is 0 Å². The van der Waals surface area contributed by atoms with E-state index in [0.29, 0.717) is 36.2 Å². The van der Waals surface area contributed by atoms with Gasteiger partial charge in [0, 0.05) is 54.9 Å². The quantitative estimate of drug-likeness (QED) is 0.0735. The van der Waals surface area contributed by atoms with E-state index in [1.807, 2.05) is 48.3 Å². The molecule has 0 bridgehead atoms. The predicted octanol–water partition coefficient (Wildman–Crippen LogP) is 3.33. The number of hydrogen-bond donors (Lipinski definition) is 6. The fourth-order valence-electron chi connectivity index (χ4n) is 5.15. The Morgan fingerprint density at radius 3 is 2.23 bits per heavy atom. The Hall–Kier alpha value is -4.41. The number of aliphatic hydroxyl groups excluding tert-OH is 2. The Labute approximate surface area is 234 Å². The third kappa shape index (κ3) is 6.24. The number of aliphatic hydroxyl groups is 2. The Morgan fingerprint density at radius 1 is 0.950 bits per heavy atom. The number of aromatic hydroxyl groups is 1. The van der Waals surface area contributed by atoms with Gasteiger partial charge in [0.25, 0.3) is 0 Å². The Balaban J connectivity index is 1.24. The molecule has 1 aliphatic rings. The van der Waals surface area contributed by atoms with E-state index < -0.39 is 0 Å². The molecule has 0 saturated carbocycles. The molecule has 1 fully saturated rings. The maximum atomic E-state index is 10.6. The highest BCUT2D eigenvalue weighted by Crippen LogP contribution is 2.36. The summed E-state index contributed by atoms with van der Waals surface area (Å²) in [5, 5.41) is 35.8. The Morgan fingerprint density at radius 2 is 1.60 bits per heavy atom. The molecule has 7 N–H and O–H groups in total. The lowest BCUT2D eigenvalue weighted by atomic mass is 10.2. The number of nitrogens with two attached hydrogens (primary N) is 1. The standard InChI is InChI=1S/C30H37N7O3/c1-34-12-13-37(21-34)26-10-11-36(20-26)25-8-4-23(5-9-25)33-29-19-28(27(31)18-30(29)40)32-22-2-6-24(7-3-22)35(14-16-38)15-17-39/h2-9,12-13,18-19,21,26,32-33,38-39H,10-11,14-17,20,31H2,1H3/p+1. The molecule has 1 aliphatic heterocycles. The molecule has 0 amide bonds. The highest BCUT2D eigenvalue weighted by atomic mass is 16.3. The molecule has 10 nitrogen and oxygen atoms in total. The number of aryl methyl sites for hydroxylation is 1. The lowest BCUT2D eigenvalue weighted by molar-refractivity contribution is -0.671. The van der Waals surface area contributed by atoms with Crippen molar-refractivity contribution in [1.82, 2.24) is 4.57 Å². The van der Waals surface area contributed by atoms with E-state index in [1.54, 1.807) is 6.07 Å². The van der Waals surface area contributed by atoms with Gasteiger partial charge in [0.15, 0.2) is 0 Å². The number of hydrogen-bond acceptors (Lipinski definition) is 8. The second-order valence-electron chi connectivity index (χ2n) is 10.1. The third-order valence-corrected chi connectivity index (χ3v) is 7.31. The summed E-state index contributed by atoms with van der Waals surface area (Å²) >= 11 is 0. The van der Waals surface area contributed by atoms with Gasteiger partial charge in [0.2, 0.25) is 6.33 Å². The number of benzene rings is 3. The zero-order valence-corrected chi connectivity index (χ0v) is 22.7. The molecule has 210 valence electrons. The molecule has 1 unspecified atom stereocenters. The molecule has 2 heterocycles. The smallest absolute Gasteiger partial charge is 0.243 e. The maximum Gasteiger partial charge on any atom is 0.243 e. The van der Waals surface area contributed by atoms with E-state index in [1.165, 1.54) is 11.8 Å². The molecule has 0 spiro atoms. The Bertz CT molecular complexity index is 1400. The van der Waals surface area contributed by atoms with Crippen molar-refractivity contribution in [2.75, 3.05) is 65.6 Å². The van der Waals surface area contributed by atoms with Gasteiger partial charge in [-0.05, 0) is 54.6 Å². The van der Waals surface area contributed by atoms with E-state index in [0.717, 1.165) is 36.6 Å². The number of nitrogen functional groups attached to an aromatic ring is 1. The number of nitrogens with zero attached hydrogens (tertiary/aromatic N) is 4. The van der Waals surface area contributed by atoms with Crippen molar-refractivity contribution < 1.29 is 19.9 Å². The largest absolute Gasteiger partial charge is 0.506 e. The number of nitrogens with one attached hydrogen (secondary N) is 2. The van der Waals surface area contributed by atoms with E-state index in [4.69, 9.17) is 5.73 Å². The van der Waals surface area contributed by atoms with Crippen molar-refractivity contribution in [3.63, 3.8) is 0 Å². The van der Waals surface area contributed by atoms with Gasteiger partial charge in [-0.1, -0.05) is 0 Å². The summed E-state index contributed by atoms with van der Waals surface area (Å²) in [6, 6.07) is 19.7. The van der Waals surface area contributed by atoms with Gasteiger partial charge in [-0.25, -0.2) is 9.13 Å². The monoisotopic (exact) mass is 544 g/mol. The van der Waals surface area contributed by atoms with Crippen LogP contribution in [0.15, 0.2) is 79.4 Å².